The minimum Gasteiger partial charge on any atom is -0.465 e. The lowest BCUT2D eigenvalue weighted by Gasteiger charge is -2.14. The Morgan fingerprint density at radius 1 is 1.47 bits per heavy atom. The van der Waals surface area contributed by atoms with E-state index in [1.165, 1.54) is 0 Å². The average Bonchev–Trinajstić information content (AvgIpc) is 2.34. The van der Waals surface area contributed by atoms with Gasteiger partial charge in [0.05, 0.1) is 12.7 Å². The zero-order valence-corrected chi connectivity index (χ0v) is 9.59. The zero-order chi connectivity index (χ0) is 14.8. The van der Waals surface area contributed by atoms with Crippen molar-refractivity contribution in [1.82, 2.24) is 4.98 Å². The number of nitrogens with zero attached hydrogens (tertiary/aromatic N) is 1. The molecular formula is C10H9F5N2O2. The number of ether oxygens (including phenoxy) is 1. The molecule has 9 heteroatoms. The molecule has 19 heavy (non-hydrogen) atoms. The summed E-state index contributed by atoms with van der Waals surface area (Å²) in [5.74, 6) is -1.32. The van der Waals surface area contributed by atoms with Gasteiger partial charge in [-0.05, 0) is 11.6 Å². The van der Waals surface area contributed by atoms with Crippen molar-refractivity contribution in [2.75, 3.05) is 7.11 Å². The van der Waals surface area contributed by atoms with Crippen molar-refractivity contribution in [2.45, 2.75) is 19.1 Å². The molecule has 0 spiro atoms. The Kier molecular flexibility index (Phi) is 4.40. The molecule has 1 heterocycles. The van der Waals surface area contributed by atoms with E-state index in [1.807, 2.05) is 0 Å². The lowest BCUT2D eigenvalue weighted by molar-refractivity contribution is -0.142. The van der Waals surface area contributed by atoms with Crippen molar-refractivity contribution in [3.8, 4) is 0 Å². The molecule has 2 N–H and O–H groups in total. The van der Waals surface area contributed by atoms with Crippen LogP contribution in [0.15, 0.2) is 6.07 Å². The standard InChI is InChI=1S/C10H9F5N2O2/c1-19-9(18)5-2-4(3-16)6(8(11)12)17-7(5)10(13,14)15/h2,8H,3,16H2,1H3. The van der Waals surface area contributed by atoms with Gasteiger partial charge in [0.2, 0.25) is 0 Å². The van der Waals surface area contributed by atoms with E-state index >= 15 is 0 Å². The number of esters is 1. The smallest absolute Gasteiger partial charge is 0.434 e. The SMILES string of the molecule is COC(=O)c1cc(CN)c(C(F)F)nc1C(F)(F)F. The third-order valence-corrected chi connectivity index (χ3v) is 2.24. The van der Waals surface area contributed by atoms with E-state index in [-0.39, 0.29) is 5.56 Å². The maximum atomic E-state index is 12.7. The van der Waals surface area contributed by atoms with Crippen LogP contribution in [0, 0.1) is 0 Å². The first-order chi connectivity index (χ1) is 8.72. The summed E-state index contributed by atoms with van der Waals surface area (Å²) in [6.07, 6.45) is -8.29. The molecule has 0 aliphatic rings. The molecule has 1 aromatic rings. The van der Waals surface area contributed by atoms with Crippen LogP contribution in [0.4, 0.5) is 22.0 Å². The molecular weight excluding hydrogens is 275 g/mol. The summed E-state index contributed by atoms with van der Waals surface area (Å²) in [6.45, 7) is -0.477. The summed E-state index contributed by atoms with van der Waals surface area (Å²) in [5.41, 5.74) is 1.05. The normalized spacial score (nSPS) is 11.8. The number of nitrogens with two attached hydrogens (primary N) is 1. The molecule has 0 aliphatic heterocycles. The van der Waals surface area contributed by atoms with Crippen LogP contribution < -0.4 is 5.73 Å². The number of aromatic nitrogens is 1. The molecule has 0 aliphatic carbocycles. The Balaban J connectivity index is 3.58. The summed E-state index contributed by atoms with van der Waals surface area (Å²) in [5, 5.41) is 0. The Hall–Kier alpha value is -1.77. The summed E-state index contributed by atoms with van der Waals surface area (Å²) in [7, 11) is 0.867. The van der Waals surface area contributed by atoms with E-state index in [4.69, 9.17) is 5.73 Å². The van der Waals surface area contributed by atoms with Gasteiger partial charge in [-0.25, -0.2) is 18.6 Å². The quantitative estimate of drug-likeness (QED) is 0.683. The lowest BCUT2D eigenvalue weighted by Crippen LogP contribution is -2.20. The van der Waals surface area contributed by atoms with Gasteiger partial charge >= 0.3 is 12.1 Å². The highest BCUT2D eigenvalue weighted by Crippen LogP contribution is 2.34. The maximum Gasteiger partial charge on any atom is 0.434 e. The number of carbonyl (C=O) groups is 1. The number of halogens is 5. The van der Waals surface area contributed by atoms with E-state index < -0.39 is 42.1 Å². The van der Waals surface area contributed by atoms with Crippen LogP contribution in [-0.2, 0) is 17.5 Å². The zero-order valence-electron chi connectivity index (χ0n) is 9.59. The van der Waals surface area contributed by atoms with E-state index in [0.717, 1.165) is 7.11 Å². The summed E-state index contributed by atoms with van der Waals surface area (Å²) >= 11 is 0. The van der Waals surface area contributed by atoms with Crippen molar-refractivity contribution in [3.05, 3.63) is 28.6 Å². The molecule has 0 saturated carbocycles. The van der Waals surface area contributed by atoms with Crippen LogP contribution in [-0.4, -0.2) is 18.1 Å². The van der Waals surface area contributed by atoms with Gasteiger partial charge in [-0.1, -0.05) is 0 Å². The van der Waals surface area contributed by atoms with Crippen molar-refractivity contribution in [2.24, 2.45) is 5.73 Å². The maximum absolute atomic E-state index is 12.7. The van der Waals surface area contributed by atoms with Crippen LogP contribution in [0.3, 0.4) is 0 Å². The molecule has 1 rings (SSSR count). The van der Waals surface area contributed by atoms with E-state index in [2.05, 4.69) is 9.72 Å². The Morgan fingerprint density at radius 2 is 2.05 bits per heavy atom. The highest BCUT2D eigenvalue weighted by Gasteiger charge is 2.39. The molecule has 106 valence electrons. The molecule has 4 nitrogen and oxygen atoms in total. The minimum atomic E-state index is -5.06. The van der Waals surface area contributed by atoms with Crippen LogP contribution in [0.25, 0.3) is 0 Å². The van der Waals surface area contributed by atoms with Crippen molar-refractivity contribution in [3.63, 3.8) is 0 Å². The second-order valence-electron chi connectivity index (χ2n) is 3.42. The second kappa shape index (κ2) is 5.47. The van der Waals surface area contributed by atoms with Gasteiger partial charge in [-0.2, -0.15) is 13.2 Å². The number of rotatable bonds is 3. The molecule has 0 amide bonds. The number of hydrogen-bond acceptors (Lipinski definition) is 4. The Labute approximate surface area is 104 Å². The molecule has 0 unspecified atom stereocenters. The molecule has 0 fully saturated rings. The summed E-state index contributed by atoms with van der Waals surface area (Å²) in [6, 6.07) is 0.628. The van der Waals surface area contributed by atoms with Crippen LogP contribution in [0.1, 0.15) is 33.7 Å². The topological polar surface area (TPSA) is 65.2 Å². The van der Waals surface area contributed by atoms with Gasteiger partial charge in [-0.15, -0.1) is 0 Å². The second-order valence-corrected chi connectivity index (χ2v) is 3.42. The number of alkyl halides is 5. The minimum absolute atomic E-state index is 0.344. The average molecular weight is 284 g/mol. The Bertz CT molecular complexity index is 488. The molecule has 0 saturated heterocycles. The number of methoxy groups -OCH3 is 1. The monoisotopic (exact) mass is 284 g/mol. The van der Waals surface area contributed by atoms with Crippen LogP contribution in [0.5, 0.6) is 0 Å². The van der Waals surface area contributed by atoms with E-state index in [1.54, 1.807) is 0 Å². The van der Waals surface area contributed by atoms with Gasteiger partial charge in [0, 0.05) is 6.54 Å². The molecule has 1 aromatic heterocycles. The fraction of sp³-hybridized carbons (Fsp3) is 0.400. The van der Waals surface area contributed by atoms with Gasteiger partial charge in [0.1, 0.15) is 5.69 Å². The van der Waals surface area contributed by atoms with E-state index in [9.17, 15) is 26.7 Å². The van der Waals surface area contributed by atoms with Gasteiger partial charge in [-0.3, -0.25) is 0 Å². The fourth-order valence-electron chi connectivity index (χ4n) is 1.40. The third kappa shape index (κ3) is 3.16. The predicted molar refractivity (Wildman–Crippen MR) is 53.4 cm³/mol. The van der Waals surface area contributed by atoms with E-state index in [0.29, 0.717) is 6.07 Å². The molecule has 0 aromatic carbocycles. The predicted octanol–water partition coefficient (Wildman–Crippen LogP) is 2.28. The molecule has 0 atom stereocenters. The summed E-state index contributed by atoms with van der Waals surface area (Å²) in [4.78, 5) is 14.1. The fourth-order valence-corrected chi connectivity index (χ4v) is 1.40. The third-order valence-electron chi connectivity index (χ3n) is 2.24. The lowest BCUT2D eigenvalue weighted by atomic mass is 10.1. The first-order valence-corrected chi connectivity index (χ1v) is 4.89. The van der Waals surface area contributed by atoms with Gasteiger partial charge in [0.15, 0.2) is 5.69 Å². The van der Waals surface area contributed by atoms with Gasteiger partial charge in [0.25, 0.3) is 6.43 Å². The first-order valence-electron chi connectivity index (χ1n) is 4.89. The van der Waals surface area contributed by atoms with Crippen LogP contribution >= 0.6 is 0 Å². The molecule has 0 radical (unpaired) electrons. The number of carbonyl (C=O) groups excluding carboxylic acids is 1. The molecule has 0 bridgehead atoms. The number of hydrogen-bond donors (Lipinski definition) is 1. The number of pyridine rings is 1. The Morgan fingerprint density at radius 3 is 2.42 bits per heavy atom. The highest BCUT2D eigenvalue weighted by molar-refractivity contribution is 5.91. The van der Waals surface area contributed by atoms with Crippen molar-refractivity contribution >= 4 is 5.97 Å². The highest BCUT2D eigenvalue weighted by atomic mass is 19.4. The van der Waals surface area contributed by atoms with Crippen molar-refractivity contribution in [1.29, 1.82) is 0 Å². The van der Waals surface area contributed by atoms with Crippen molar-refractivity contribution < 1.29 is 31.5 Å². The van der Waals surface area contributed by atoms with Gasteiger partial charge < -0.3 is 10.5 Å². The summed E-state index contributed by atoms with van der Waals surface area (Å²) < 4.78 is 67.4. The largest absolute Gasteiger partial charge is 0.465 e. The first kappa shape index (κ1) is 15.3. The van der Waals surface area contributed by atoms with Crippen LogP contribution in [0.2, 0.25) is 0 Å².